The zero-order valence-corrected chi connectivity index (χ0v) is 19.6. The maximum absolute atomic E-state index is 11.7. The SMILES string of the molecule is CCNC(=NCCN1CCCCCC1)NCCc1cccc(C(=O)NC)c1.I. The second-order valence-corrected chi connectivity index (χ2v) is 6.97. The summed E-state index contributed by atoms with van der Waals surface area (Å²) in [5, 5.41) is 9.38. The minimum atomic E-state index is -0.0479. The van der Waals surface area contributed by atoms with Gasteiger partial charge in [-0.25, -0.2) is 0 Å². The van der Waals surface area contributed by atoms with Crippen molar-refractivity contribution in [1.29, 1.82) is 0 Å². The third kappa shape index (κ3) is 9.23. The van der Waals surface area contributed by atoms with E-state index >= 15 is 0 Å². The molecule has 1 aromatic rings. The van der Waals surface area contributed by atoms with Gasteiger partial charge in [0.25, 0.3) is 5.91 Å². The van der Waals surface area contributed by atoms with E-state index in [1.807, 2.05) is 18.2 Å². The molecule has 1 aliphatic rings. The van der Waals surface area contributed by atoms with Crippen molar-refractivity contribution in [1.82, 2.24) is 20.9 Å². The monoisotopic (exact) mass is 501 g/mol. The van der Waals surface area contributed by atoms with Crippen LogP contribution in [-0.2, 0) is 6.42 Å². The zero-order chi connectivity index (χ0) is 19.3. The number of hydrogen-bond acceptors (Lipinski definition) is 3. The van der Waals surface area contributed by atoms with Gasteiger partial charge in [0.2, 0.25) is 0 Å². The van der Waals surface area contributed by atoms with Crippen molar-refractivity contribution in [2.75, 3.05) is 46.3 Å². The highest BCUT2D eigenvalue weighted by atomic mass is 127. The van der Waals surface area contributed by atoms with Gasteiger partial charge in [-0.15, -0.1) is 24.0 Å². The van der Waals surface area contributed by atoms with Crippen molar-refractivity contribution in [3.05, 3.63) is 35.4 Å². The van der Waals surface area contributed by atoms with E-state index in [9.17, 15) is 4.79 Å². The number of likely N-dealkylation sites (tertiary alicyclic amines) is 1. The molecule has 1 aliphatic heterocycles. The molecule has 28 heavy (non-hydrogen) atoms. The fraction of sp³-hybridized carbons (Fsp3) is 0.619. The highest BCUT2D eigenvalue weighted by Gasteiger charge is 2.08. The maximum atomic E-state index is 11.7. The molecule has 1 fully saturated rings. The molecular formula is C21H36IN5O. The smallest absolute Gasteiger partial charge is 0.251 e. The Morgan fingerprint density at radius 1 is 1.14 bits per heavy atom. The van der Waals surface area contributed by atoms with Crippen LogP contribution >= 0.6 is 24.0 Å². The molecule has 0 bridgehead atoms. The number of aliphatic imine (C=N–C) groups is 1. The van der Waals surface area contributed by atoms with Gasteiger partial charge in [0.05, 0.1) is 6.54 Å². The first-order chi connectivity index (χ1) is 13.2. The molecule has 0 aliphatic carbocycles. The second-order valence-electron chi connectivity index (χ2n) is 6.97. The Kier molecular flexibility index (Phi) is 12.9. The number of halogens is 1. The molecule has 7 heteroatoms. The minimum absolute atomic E-state index is 0. The number of carbonyl (C=O) groups excluding carboxylic acids is 1. The average molecular weight is 501 g/mol. The Hall–Kier alpha value is -1.35. The first-order valence-corrected chi connectivity index (χ1v) is 10.3. The minimum Gasteiger partial charge on any atom is -0.357 e. The predicted octanol–water partition coefficient (Wildman–Crippen LogP) is 2.64. The Bertz CT molecular complexity index is 600. The van der Waals surface area contributed by atoms with Crippen LogP contribution in [-0.4, -0.2) is 63.1 Å². The molecule has 1 saturated heterocycles. The maximum Gasteiger partial charge on any atom is 0.251 e. The Labute approximate surface area is 187 Å². The van der Waals surface area contributed by atoms with Crippen LogP contribution in [0.15, 0.2) is 29.3 Å². The number of nitrogens with zero attached hydrogens (tertiary/aromatic N) is 2. The van der Waals surface area contributed by atoms with Crippen LogP contribution in [0.1, 0.15) is 48.5 Å². The summed E-state index contributed by atoms with van der Waals surface area (Å²) >= 11 is 0. The van der Waals surface area contributed by atoms with Crippen LogP contribution in [0.3, 0.4) is 0 Å². The van der Waals surface area contributed by atoms with Gasteiger partial charge in [0.15, 0.2) is 5.96 Å². The molecule has 6 nitrogen and oxygen atoms in total. The first kappa shape index (κ1) is 24.7. The lowest BCUT2D eigenvalue weighted by Gasteiger charge is -2.19. The Morgan fingerprint density at radius 2 is 1.89 bits per heavy atom. The van der Waals surface area contributed by atoms with Crippen LogP contribution < -0.4 is 16.0 Å². The predicted molar refractivity (Wildman–Crippen MR) is 128 cm³/mol. The van der Waals surface area contributed by atoms with Gasteiger partial charge in [0.1, 0.15) is 0 Å². The van der Waals surface area contributed by atoms with E-state index in [-0.39, 0.29) is 29.9 Å². The van der Waals surface area contributed by atoms with Crippen LogP contribution in [0.25, 0.3) is 0 Å². The number of nitrogens with one attached hydrogen (secondary N) is 3. The third-order valence-corrected chi connectivity index (χ3v) is 4.85. The van der Waals surface area contributed by atoms with E-state index in [0.717, 1.165) is 44.1 Å². The lowest BCUT2D eigenvalue weighted by Crippen LogP contribution is -2.39. The molecule has 1 heterocycles. The summed E-state index contributed by atoms with van der Waals surface area (Å²) in [6, 6.07) is 7.77. The third-order valence-electron chi connectivity index (χ3n) is 4.85. The van der Waals surface area contributed by atoms with Gasteiger partial charge in [-0.2, -0.15) is 0 Å². The van der Waals surface area contributed by atoms with E-state index < -0.39 is 0 Å². The number of benzene rings is 1. The molecule has 0 atom stereocenters. The van der Waals surface area contributed by atoms with Crippen LogP contribution in [0.5, 0.6) is 0 Å². The average Bonchev–Trinajstić information content (AvgIpc) is 2.96. The van der Waals surface area contributed by atoms with E-state index in [2.05, 4.69) is 33.8 Å². The number of rotatable bonds is 8. The molecule has 0 radical (unpaired) electrons. The molecule has 1 amide bonds. The molecular weight excluding hydrogens is 465 g/mol. The number of amides is 1. The summed E-state index contributed by atoms with van der Waals surface area (Å²) in [7, 11) is 1.65. The number of hydrogen-bond donors (Lipinski definition) is 3. The van der Waals surface area contributed by atoms with Crippen LogP contribution in [0.4, 0.5) is 0 Å². The highest BCUT2D eigenvalue weighted by Crippen LogP contribution is 2.09. The van der Waals surface area contributed by atoms with E-state index in [4.69, 9.17) is 4.99 Å². The van der Waals surface area contributed by atoms with Gasteiger partial charge in [-0.05, 0) is 57.0 Å². The lowest BCUT2D eigenvalue weighted by molar-refractivity contribution is 0.0963. The molecule has 2 rings (SSSR count). The molecule has 0 saturated carbocycles. The summed E-state index contributed by atoms with van der Waals surface area (Å²) in [6.45, 7) is 7.99. The van der Waals surface area contributed by atoms with Crippen molar-refractivity contribution in [3.63, 3.8) is 0 Å². The summed E-state index contributed by atoms with van der Waals surface area (Å²) in [5.74, 6) is 0.822. The lowest BCUT2D eigenvalue weighted by atomic mass is 10.1. The van der Waals surface area contributed by atoms with Gasteiger partial charge in [-0.1, -0.05) is 25.0 Å². The first-order valence-electron chi connectivity index (χ1n) is 10.3. The van der Waals surface area contributed by atoms with Crippen molar-refractivity contribution in [2.24, 2.45) is 4.99 Å². The van der Waals surface area contributed by atoms with Crippen molar-refractivity contribution in [2.45, 2.75) is 39.0 Å². The van der Waals surface area contributed by atoms with Crippen molar-refractivity contribution in [3.8, 4) is 0 Å². The fourth-order valence-electron chi connectivity index (χ4n) is 3.34. The van der Waals surface area contributed by atoms with Crippen molar-refractivity contribution < 1.29 is 4.79 Å². The van der Waals surface area contributed by atoms with Gasteiger partial charge in [-0.3, -0.25) is 9.79 Å². The zero-order valence-electron chi connectivity index (χ0n) is 17.3. The number of guanidine groups is 1. The second kappa shape index (κ2) is 14.6. The molecule has 0 spiro atoms. The Morgan fingerprint density at radius 3 is 2.57 bits per heavy atom. The van der Waals surface area contributed by atoms with Crippen molar-refractivity contribution >= 4 is 35.8 Å². The van der Waals surface area contributed by atoms with Crippen LogP contribution in [0, 0.1) is 0 Å². The fourth-order valence-corrected chi connectivity index (χ4v) is 3.34. The van der Waals surface area contributed by atoms with Gasteiger partial charge < -0.3 is 20.9 Å². The summed E-state index contributed by atoms with van der Waals surface area (Å²) < 4.78 is 0. The normalized spacial score (nSPS) is 15.3. The number of carbonyl (C=O) groups is 1. The van der Waals surface area contributed by atoms with Gasteiger partial charge >= 0.3 is 0 Å². The Balaban J connectivity index is 0.00000392. The van der Waals surface area contributed by atoms with Gasteiger partial charge in [0, 0.05) is 32.2 Å². The molecule has 1 aromatic carbocycles. The highest BCUT2D eigenvalue weighted by molar-refractivity contribution is 14.0. The summed E-state index contributed by atoms with van der Waals surface area (Å²) in [4.78, 5) is 19.0. The van der Waals surface area contributed by atoms with E-state index in [1.54, 1.807) is 7.05 Å². The summed E-state index contributed by atoms with van der Waals surface area (Å²) in [5.41, 5.74) is 1.84. The van der Waals surface area contributed by atoms with Crippen LogP contribution in [0.2, 0.25) is 0 Å². The van der Waals surface area contributed by atoms with E-state index in [1.165, 1.54) is 38.8 Å². The molecule has 158 valence electrons. The largest absolute Gasteiger partial charge is 0.357 e. The summed E-state index contributed by atoms with van der Waals surface area (Å²) in [6.07, 6.45) is 6.21. The topological polar surface area (TPSA) is 68.8 Å². The van der Waals surface area contributed by atoms with E-state index in [0.29, 0.717) is 5.56 Å². The molecule has 0 unspecified atom stereocenters. The molecule has 0 aromatic heterocycles. The standard InChI is InChI=1S/C21H35N5O.HI/c1-3-23-21(25-13-16-26-14-6-4-5-7-15-26)24-12-11-18-9-8-10-19(17-18)20(27)22-2;/h8-10,17H,3-7,11-16H2,1-2H3,(H,22,27)(H2,23,24,25);1H. The quantitative estimate of drug-likeness (QED) is 0.291. The molecule has 3 N–H and O–H groups in total.